The van der Waals surface area contributed by atoms with Crippen molar-refractivity contribution in [3.63, 3.8) is 0 Å². The molecule has 2 unspecified atom stereocenters. The molecule has 110 valence electrons. The maximum Gasteiger partial charge on any atom is 0.224 e. The van der Waals surface area contributed by atoms with Crippen LogP contribution < -0.4 is 10.6 Å². The van der Waals surface area contributed by atoms with E-state index in [1.807, 2.05) is 19.1 Å². The Morgan fingerprint density at radius 1 is 1.50 bits per heavy atom. The third-order valence-electron chi connectivity index (χ3n) is 3.98. The molecule has 0 spiro atoms. The first-order valence-corrected chi connectivity index (χ1v) is 7.52. The zero-order chi connectivity index (χ0) is 14.5. The van der Waals surface area contributed by atoms with E-state index in [0.29, 0.717) is 5.92 Å². The predicted octanol–water partition coefficient (Wildman–Crippen LogP) is 2.20. The summed E-state index contributed by atoms with van der Waals surface area (Å²) in [4.78, 5) is 16.9. The lowest BCUT2D eigenvalue weighted by atomic mass is 9.94. The zero-order valence-corrected chi connectivity index (χ0v) is 12.6. The molecule has 2 heterocycles. The summed E-state index contributed by atoms with van der Waals surface area (Å²) in [5, 5.41) is 6.49. The number of amides is 1. The largest absolute Gasteiger partial charge is 0.347 e. The van der Waals surface area contributed by atoms with Crippen LogP contribution in [0.1, 0.15) is 44.0 Å². The van der Waals surface area contributed by atoms with E-state index in [1.54, 1.807) is 6.20 Å². The van der Waals surface area contributed by atoms with Gasteiger partial charge in [-0.25, -0.2) is 0 Å². The average molecular weight is 275 g/mol. The molecule has 1 aliphatic heterocycles. The summed E-state index contributed by atoms with van der Waals surface area (Å²) in [5.74, 6) is 0.569. The molecule has 0 saturated carbocycles. The van der Waals surface area contributed by atoms with Crippen LogP contribution in [-0.2, 0) is 4.79 Å². The van der Waals surface area contributed by atoms with Crippen molar-refractivity contribution >= 4 is 5.91 Å². The molecule has 20 heavy (non-hydrogen) atoms. The molecule has 4 heteroatoms. The van der Waals surface area contributed by atoms with Gasteiger partial charge in [0.25, 0.3) is 0 Å². The molecule has 0 bridgehead atoms. The predicted molar refractivity (Wildman–Crippen MR) is 80.3 cm³/mol. The van der Waals surface area contributed by atoms with Gasteiger partial charge in [-0.15, -0.1) is 0 Å². The molecule has 1 aromatic heterocycles. The summed E-state index contributed by atoms with van der Waals surface area (Å²) in [6.45, 7) is 8.11. The molecule has 0 aliphatic carbocycles. The van der Waals surface area contributed by atoms with Gasteiger partial charge in [-0.2, -0.15) is 0 Å². The molecule has 1 fully saturated rings. The monoisotopic (exact) mass is 275 g/mol. The zero-order valence-electron chi connectivity index (χ0n) is 12.6. The van der Waals surface area contributed by atoms with Gasteiger partial charge >= 0.3 is 0 Å². The molecule has 1 amide bonds. The van der Waals surface area contributed by atoms with Crippen LogP contribution in [0.25, 0.3) is 0 Å². The van der Waals surface area contributed by atoms with Crippen LogP contribution in [0.5, 0.6) is 0 Å². The second kappa shape index (κ2) is 6.84. The number of aryl methyl sites for hydroxylation is 1. The van der Waals surface area contributed by atoms with Crippen molar-refractivity contribution in [2.45, 2.75) is 39.7 Å². The number of carbonyl (C=O) groups is 1. The fourth-order valence-electron chi connectivity index (χ4n) is 2.72. The molecule has 1 aromatic rings. The Hall–Kier alpha value is -1.42. The van der Waals surface area contributed by atoms with E-state index in [-0.39, 0.29) is 17.9 Å². The number of carbonyl (C=O) groups excluding carboxylic acids is 1. The summed E-state index contributed by atoms with van der Waals surface area (Å²) in [5.41, 5.74) is 2.12. The highest BCUT2D eigenvalue weighted by molar-refractivity contribution is 5.79. The molecular weight excluding hydrogens is 250 g/mol. The first-order chi connectivity index (χ1) is 9.59. The number of nitrogens with one attached hydrogen (secondary N) is 2. The van der Waals surface area contributed by atoms with Gasteiger partial charge < -0.3 is 10.6 Å². The maximum atomic E-state index is 12.4. The Balaban J connectivity index is 2.10. The van der Waals surface area contributed by atoms with Gasteiger partial charge in [0, 0.05) is 12.7 Å². The first kappa shape index (κ1) is 15.0. The quantitative estimate of drug-likeness (QED) is 0.886. The van der Waals surface area contributed by atoms with Crippen LogP contribution in [0.15, 0.2) is 18.3 Å². The highest BCUT2D eigenvalue weighted by Crippen LogP contribution is 2.23. The van der Waals surface area contributed by atoms with Gasteiger partial charge in [-0.3, -0.25) is 9.78 Å². The maximum absolute atomic E-state index is 12.4. The van der Waals surface area contributed by atoms with Gasteiger partial charge in [-0.05, 0) is 43.9 Å². The van der Waals surface area contributed by atoms with E-state index in [2.05, 4.69) is 29.5 Å². The molecule has 4 nitrogen and oxygen atoms in total. The minimum Gasteiger partial charge on any atom is -0.347 e. The summed E-state index contributed by atoms with van der Waals surface area (Å²) < 4.78 is 0. The SMILES string of the molecule is Cc1cccnc1C(NC(=O)C1CCCNC1)C(C)C. The second-order valence-electron chi connectivity index (χ2n) is 5.98. The number of hydrogen-bond acceptors (Lipinski definition) is 3. The van der Waals surface area contributed by atoms with Crippen molar-refractivity contribution in [1.82, 2.24) is 15.6 Å². The molecule has 1 saturated heterocycles. The fourth-order valence-corrected chi connectivity index (χ4v) is 2.72. The van der Waals surface area contributed by atoms with E-state index >= 15 is 0 Å². The minimum absolute atomic E-state index is 0.00868. The topological polar surface area (TPSA) is 54.0 Å². The van der Waals surface area contributed by atoms with Crippen molar-refractivity contribution in [3.8, 4) is 0 Å². The molecule has 2 N–H and O–H groups in total. The molecule has 0 aromatic carbocycles. The first-order valence-electron chi connectivity index (χ1n) is 7.52. The number of nitrogens with zero attached hydrogens (tertiary/aromatic N) is 1. The van der Waals surface area contributed by atoms with E-state index in [4.69, 9.17) is 0 Å². The highest BCUT2D eigenvalue weighted by atomic mass is 16.2. The summed E-state index contributed by atoms with van der Waals surface area (Å²) in [7, 11) is 0. The smallest absolute Gasteiger partial charge is 0.224 e. The standard InChI is InChI=1S/C16H25N3O/c1-11(2)14(15-12(3)6-4-9-18-15)19-16(20)13-7-5-8-17-10-13/h4,6,9,11,13-14,17H,5,7-8,10H2,1-3H3,(H,19,20). The van der Waals surface area contributed by atoms with Crippen molar-refractivity contribution in [3.05, 3.63) is 29.6 Å². The molecule has 0 radical (unpaired) electrons. The van der Waals surface area contributed by atoms with Crippen LogP contribution in [0.3, 0.4) is 0 Å². The fraction of sp³-hybridized carbons (Fsp3) is 0.625. The lowest BCUT2D eigenvalue weighted by molar-refractivity contribution is -0.126. The van der Waals surface area contributed by atoms with Crippen LogP contribution in [0.4, 0.5) is 0 Å². The van der Waals surface area contributed by atoms with E-state index in [1.165, 1.54) is 0 Å². The van der Waals surface area contributed by atoms with Gasteiger partial charge in [0.2, 0.25) is 5.91 Å². The third kappa shape index (κ3) is 3.57. The molecule has 2 rings (SSSR count). The van der Waals surface area contributed by atoms with Crippen molar-refractivity contribution in [1.29, 1.82) is 0 Å². The van der Waals surface area contributed by atoms with Gasteiger partial charge in [0.1, 0.15) is 0 Å². The number of hydrogen-bond donors (Lipinski definition) is 2. The second-order valence-corrected chi connectivity index (χ2v) is 5.98. The van der Waals surface area contributed by atoms with Crippen molar-refractivity contribution in [2.75, 3.05) is 13.1 Å². The van der Waals surface area contributed by atoms with E-state index in [9.17, 15) is 4.79 Å². The van der Waals surface area contributed by atoms with E-state index < -0.39 is 0 Å². The molecular formula is C16H25N3O. The van der Waals surface area contributed by atoms with Gasteiger partial charge in [0.15, 0.2) is 0 Å². The van der Waals surface area contributed by atoms with Gasteiger partial charge in [0.05, 0.1) is 17.7 Å². The number of aromatic nitrogens is 1. The highest BCUT2D eigenvalue weighted by Gasteiger charge is 2.26. The number of pyridine rings is 1. The summed E-state index contributed by atoms with van der Waals surface area (Å²) in [6.07, 6.45) is 3.85. The molecule has 1 aliphatic rings. The number of piperidine rings is 1. The Bertz CT molecular complexity index is 453. The Morgan fingerprint density at radius 2 is 2.30 bits per heavy atom. The Labute approximate surface area is 121 Å². The number of rotatable bonds is 4. The van der Waals surface area contributed by atoms with Crippen LogP contribution in [0.2, 0.25) is 0 Å². The minimum atomic E-state index is -0.00868. The average Bonchev–Trinajstić information content (AvgIpc) is 2.46. The Kier molecular flexibility index (Phi) is 5.12. The van der Waals surface area contributed by atoms with Crippen molar-refractivity contribution in [2.24, 2.45) is 11.8 Å². The Morgan fingerprint density at radius 3 is 2.90 bits per heavy atom. The summed E-state index contributed by atoms with van der Waals surface area (Å²) >= 11 is 0. The lowest BCUT2D eigenvalue weighted by Crippen LogP contribution is -2.43. The van der Waals surface area contributed by atoms with Crippen molar-refractivity contribution < 1.29 is 4.79 Å². The molecule has 2 atom stereocenters. The summed E-state index contributed by atoms with van der Waals surface area (Å²) in [6, 6.07) is 3.97. The van der Waals surface area contributed by atoms with E-state index in [0.717, 1.165) is 37.2 Å². The normalized spacial score (nSPS) is 20.7. The van der Waals surface area contributed by atoms with Crippen LogP contribution in [-0.4, -0.2) is 24.0 Å². The lowest BCUT2D eigenvalue weighted by Gasteiger charge is -2.28. The van der Waals surface area contributed by atoms with Crippen LogP contribution in [0, 0.1) is 18.8 Å². The van der Waals surface area contributed by atoms with Crippen LogP contribution >= 0.6 is 0 Å². The van der Waals surface area contributed by atoms with Gasteiger partial charge in [-0.1, -0.05) is 19.9 Å². The third-order valence-corrected chi connectivity index (χ3v) is 3.98.